The van der Waals surface area contributed by atoms with Crippen LogP contribution in [0.25, 0.3) is 10.9 Å². The van der Waals surface area contributed by atoms with Crippen molar-refractivity contribution in [3.63, 3.8) is 0 Å². The van der Waals surface area contributed by atoms with Crippen molar-refractivity contribution < 1.29 is 14.4 Å². The summed E-state index contributed by atoms with van der Waals surface area (Å²) in [6, 6.07) is 10.6. The average molecular weight is 530 g/mol. The number of halogens is 2. The third-order valence-corrected chi connectivity index (χ3v) is 6.12. The summed E-state index contributed by atoms with van der Waals surface area (Å²) in [5, 5.41) is 23.0. The second-order valence-corrected chi connectivity index (χ2v) is 9.00. The van der Waals surface area contributed by atoms with E-state index in [1.54, 1.807) is 17.6 Å². The highest BCUT2D eigenvalue weighted by atomic mass is 79.9. The third-order valence-electron chi connectivity index (χ3n) is 5.62. The highest BCUT2D eigenvalue weighted by Crippen LogP contribution is 2.31. The molecule has 1 unspecified atom stereocenters. The zero-order valence-corrected chi connectivity index (χ0v) is 20.0. The molecule has 178 valence electrons. The van der Waals surface area contributed by atoms with E-state index in [4.69, 9.17) is 5.21 Å². The van der Waals surface area contributed by atoms with Crippen molar-refractivity contribution in [2.24, 2.45) is 10.3 Å². The largest absolute Gasteiger partial charge is 0.337 e. The van der Waals surface area contributed by atoms with Crippen LogP contribution < -0.4 is 10.8 Å². The zero-order valence-electron chi connectivity index (χ0n) is 18.4. The first-order chi connectivity index (χ1) is 16.5. The number of carbonyl (C=O) groups excluding carboxylic acids is 1. The van der Waals surface area contributed by atoms with Gasteiger partial charge in [-0.2, -0.15) is 5.11 Å². The van der Waals surface area contributed by atoms with Crippen molar-refractivity contribution in [2.45, 2.75) is 38.1 Å². The van der Waals surface area contributed by atoms with E-state index in [0.717, 1.165) is 48.7 Å². The summed E-state index contributed by atoms with van der Waals surface area (Å²) in [6.07, 6.45) is 5.38. The van der Waals surface area contributed by atoms with Gasteiger partial charge in [0.05, 0.1) is 17.7 Å². The molecule has 0 aliphatic carbocycles. The summed E-state index contributed by atoms with van der Waals surface area (Å²) in [5.41, 5.74) is 3.72. The first-order valence-electron chi connectivity index (χ1n) is 11.1. The fourth-order valence-corrected chi connectivity index (χ4v) is 4.14. The number of carbonyl (C=O) groups is 1. The first kappa shape index (κ1) is 24.0. The number of aromatic nitrogens is 2. The molecule has 1 aliphatic rings. The molecule has 1 aromatic heterocycles. The number of hydrogen-bond acceptors (Lipinski definition) is 8. The van der Waals surface area contributed by atoms with E-state index in [1.165, 1.54) is 12.4 Å². The number of hydrogen-bond donors (Lipinski definition) is 3. The quantitative estimate of drug-likeness (QED) is 0.182. The van der Waals surface area contributed by atoms with Crippen molar-refractivity contribution in [3.8, 4) is 0 Å². The first-order valence-corrected chi connectivity index (χ1v) is 11.9. The van der Waals surface area contributed by atoms with Gasteiger partial charge in [-0.1, -0.05) is 40.1 Å². The molecule has 3 N–H and O–H groups in total. The lowest BCUT2D eigenvalue weighted by atomic mass is 10.0. The second-order valence-electron chi connectivity index (χ2n) is 8.08. The van der Waals surface area contributed by atoms with Gasteiger partial charge in [0.1, 0.15) is 24.0 Å². The lowest BCUT2D eigenvalue weighted by molar-refractivity contribution is -0.129. The van der Waals surface area contributed by atoms with Crippen LogP contribution in [0.1, 0.15) is 43.7 Å². The molecule has 11 heteroatoms. The normalized spacial score (nSPS) is 15.1. The highest BCUT2D eigenvalue weighted by molar-refractivity contribution is 9.10. The molecule has 0 bridgehead atoms. The van der Waals surface area contributed by atoms with Crippen LogP contribution in [0.5, 0.6) is 0 Å². The number of nitrogens with one attached hydrogen (secondary N) is 2. The van der Waals surface area contributed by atoms with Gasteiger partial charge in [-0.15, -0.1) is 0 Å². The molecular formula is C23H25BrFN7O2. The van der Waals surface area contributed by atoms with Crippen LogP contribution >= 0.6 is 15.9 Å². The van der Waals surface area contributed by atoms with E-state index < -0.39 is 0 Å². The molecule has 1 atom stereocenters. The van der Waals surface area contributed by atoms with Gasteiger partial charge in [0.25, 0.3) is 0 Å². The summed E-state index contributed by atoms with van der Waals surface area (Å²) in [6.45, 7) is 1.47. The monoisotopic (exact) mass is 529 g/mol. The van der Waals surface area contributed by atoms with E-state index >= 15 is 0 Å². The highest BCUT2D eigenvalue weighted by Gasteiger charge is 2.21. The van der Waals surface area contributed by atoms with Crippen LogP contribution in [0.3, 0.4) is 0 Å². The van der Waals surface area contributed by atoms with Crippen LogP contribution in [-0.2, 0) is 4.79 Å². The summed E-state index contributed by atoms with van der Waals surface area (Å²) in [5.74, 6) is -0.207. The molecule has 0 saturated carbocycles. The van der Waals surface area contributed by atoms with Crippen LogP contribution in [0, 0.1) is 5.82 Å². The lowest BCUT2D eigenvalue weighted by Gasteiger charge is -2.15. The van der Waals surface area contributed by atoms with Crippen molar-refractivity contribution in [2.75, 3.05) is 18.4 Å². The molecule has 0 spiro atoms. The number of nitrogens with zero attached hydrogens (tertiary/aromatic N) is 5. The maximum absolute atomic E-state index is 14.3. The average Bonchev–Trinajstić information content (AvgIpc) is 3.31. The molecule has 2 aromatic carbocycles. The minimum absolute atomic E-state index is 0.102. The second kappa shape index (κ2) is 11.3. The Hall–Kier alpha value is -3.18. The lowest BCUT2D eigenvalue weighted by Crippen LogP contribution is -2.19. The molecule has 2 heterocycles. The minimum atomic E-state index is -0.380. The molecule has 0 radical (unpaired) electrons. The maximum atomic E-state index is 14.3. The number of fused-ring (bicyclic) bond motifs is 1. The Morgan fingerprint density at radius 3 is 2.82 bits per heavy atom. The smallest absolute Gasteiger partial charge is 0.243 e. The van der Waals surface area contributed by atoms with Crippen LogP contribution in [0.2, 0.25) is 0 Å². The Kier molecular flexibility index (Phi) is 7.96. The summed E-state index contributed by atoms with van der Waals surface area (Å²) < 4.78 is 15.0. The Balaban J connectivity index is 1.37. The Labute approximate surface area is 204 Å². The molecule has 34 heavy (non-hydrogen) atoms. The molecular weight excluding hydrogens is 505 g/mol. The summed E-state index contributed by atoms with van der Waals surface area (Å²) in [7, 11) is 0. The maximum Gasteiger partial charge on any atom is 0.243 e. The van der Waals surface area contributed by atoms with E-state index in [9.17, 15) is 9.18 Å². The molecule has 3 aromatic rings. The van der Waals surface area contributed by atoms with Gasteiger partial charge in [0, 0.05) is 22.8 Å². The topological polar surface area (TPSA) is 115 Å². The van der Waals surface area contributed by atoms with Gasteiger partial charge in [0.15, 0.2) is 0 Å². The van der Waals surface area contributed by atoms with Gasteiger partial charge in [0.2, 0.25) is 5.91 Å². The van der Waals surface area contributed by atoms with E-state index in [-0.39, 0.29) is 17.8 Å². The Morgan fingerprint density at radius 2 is 2.00 bits per heavy atom. The molecule has 0 saturated heterocycles. The van der Waals surface area contributed by atoms with Crippen LogP contribution in [-0.4, -0.2) is 39.2 Å². The zero-order chi connectivity index (χ0) is 23.9. The number of amides is 1. The van der Waals surface area contributed by atoms with E-state index in [2.05, 4.69) is 41.6 Å². The third kappa shape index (κ3) is 6.03. The van der Waals surface area contributed by atoms with Gasteiger partial charge in [-0.25, -0.2) is 19.8 Å². The van der Waals surface area contributed by atoms with Gasteiger partial charge >= 0.3 is 0 Å². The van der Waals surface area contributed by atoms with Crippen LogP contribution in [0.4, 0.5) is 15.9 Å². The van der Waals surface area contributed by atoms with E-state index in [0.29, 0.717) is 28.9 Å². The number of rotatable bonds is 10. The van der Waals surface area contributed by atoms with Crippen molar-refractivity contribution >= 4 is 44.2 Å². The van der Waals surface area contributed by atoms with Gasteiger partial charge < -0.3 is 5.32 Å². The molecule has 0 fully saturated rings. The minimum Gasteiger partial charge on any atom is -0.337 e. The standard InChI is InChI=1S/C23H25BrFN7O2/c24-16-7-9-20(18(25)12-16)28-23-17-11-15(6-8-19(17)26-14-27-23)21-13-32(31-29-21)10-4-2-1-3-5-22(33)30-34/h6-9,11-12,14,21,34H,1-5,10,13H2,(H,30,33)(H,26,27,28). The summed E-state index contributed by atoms with van der Waals surface area (Å²) >= 11 is 3.27. The molecule has 9 nitrogen and oxygen atoms in total. The molecule has 1 aliphatic heterocycles. The van der Waals surface area contributed by atoms with Gasteiger partial charge in [-0.05, 0) is 48.7 Å². The summed E-state index contributed by atoms with van der Waals surface area (Å²) in [4.78, 5) is 19.7. The predicted molar refractivity (Wildman–Crippen MR) is 129 cm³/mol. The number of benzene rings is 2. The SMILES string of the molecule is O=C(CCCCCCN1CC(c2ccc3ncnc(Nc4ccc(Br)cc4F)c3c2)N=N1)NO. The number of hydroxylamine groups is 1. The van der Waals surface area contributed by atoms with E-state index in [1.807, 2.05) is 23.2 Å². The molecule has 4 rings (SSSR count). The van der Waals surface area contributed by atoms with Gasteiger partial charge in [-0.3, -0.25) is 15.0 Å². The fraction of sp³-hybridized carbons (Fsp3) is 0.348. The predicted octanol–water partition coefficient (Wildman–Crippen LogP) is 5.45. The fourth-order valence-electron chi connectivity index (χ4n) is 3.80. The van der Waals surface area contributed by atoms with Crippen LogP contribution in [0.15, 0.2) is 57.5 Å². The Morgan fingerprint density at radius 1 is 1.15 bits per heavy atom. The Bertz CT molecular complexity index is 1190. The number of unbranched alkanes of at least 4 members (excludes halogenated alkanes) is 3. The van der Waals surface area contributed by atoms with Crippen molar-refractivity contribution in [1.29, 1.82) is 0 Å². The number of anilines is 2. The van der Waals surface area contributed by atoms with Crippen molar-refractivity contribution in [1.82, 2.24) is 20.5 Å². The molecule has 1 amide bonds. The van der Waals surface area contributed by atoms with Crippen molar-refractivity contribution in [3.05, 3.63) is 58.6 Å².